The maximum atomic E-state index is 13.1. The molecule has 0 saturated heterocycles. The Morgan fingerprint density at radius 2 is 1.00 bits per heavy atom. The first kappa shape index (κ1) is 34.4. The van der Waals surface area contributed by atoms with Gasteiger partial charge in [0.1, 0.15) is 0 Å². The van der Waals surface area contributed by atoms with E-state index in [-0.39, 0.29) is 46.1 Å². The first-order valence-corrected chi connectivity index (χ1v) is 17.9. The zero-order chi connectivity index (χ0) is 34.1. The van der Waals surface area contributed by atoms with Crippen molar-refractivity contribution in [3.8, 4) is 22.9 Å². The molecule has 2 heterocycles. The fourth-order valence-electron chi connectivity index (χ4n) is 5.18. The van der Waals surface area contributed by atoms with Crippen LogP contribution in [0.25, 0.3) is 22.9 Å². The molecule has 2 aliphatic rings. The molecule has 48 heavy (non-hydrogen) atoms. The molecule has 15 heteroatoms. The lowest BCUT2D eigenvalue weighted by atomic mass is 10.0. The standard InChI is InChI=1S/C33H25Br4N5O6/c1-42(6-2-4-38-22-14-24(43)26-30(28(22)45)47-32(40-26)16-8-18(34)12-19(35)9-16)7-3-5-39-23-15-25(44)27-31(29(23)46)48-33(41-27)17-10-20(36)13-21(37)11-17/h8-15,38-39H,2-7H2,1H3. The van der Waals surface area contributed by atoms with E-state index in [4.69, 9.17) is 8.83 Å². The number of carbonyl (C=O) groups is 4. The van der Waals surface area contributed by atoms with Crippen LogP contribution in [0.1, 0.15) is 54.9 Å². The lowest BCUT2D eigenvalue weighted by Gasteiger charge is -2.18. The zero-order valence-corrected chi connectivity index (χ0v) is 31.5. The van der Waals surface area contributed by atoms with Crippen LogP contribution in [0.5, 0.6) is 0 Å². The Labute approximate surface area is 308 Å². The number of halogens is 4. The van der Waals surface area contributed by atoms with Gasteiger partial charge >= 0.3 is 0 Å². The van der Waals surface area contributed by atoms with Crippen LogP contribution < -0.4 is 10.6 Å². The number of oxazole rings is 2. The van der Waals surface area contributed by atoms with Crippen LogP contribution in [0.3, 0.4) is 0 Å². The van der Waals surface area contributed by atoms with Gasteiger partial charge in [0.15, 0.2) is 11.4 Å². The van der Waals surface area contributed by atoms with Crippen LogP contribution in [0.2, 0.25) is 0 Å². The van der Waals surface area contributed by atoms with Gasteiger partial charge in [-0.05, 0) is 69.4 Å². The predicted octanol–water partition coefficient (Wildman–Crippen LogP) is 7.16. The van der Waals surface area contributed by atoms with E-state index in [0.29, 0.717) is 50.1 Å². The molecule has 0 amide bonds. The lowest BCUT2D eigenvalue weighted by molar-refractivity contribution is 0.0956. The summed E-state index contributed by atoms with van der Waals surface area (Å²) in [5.74, 6) is -1.41. The number of carbonyl (C=O) groups excluding carboxylic acids is 4. The van der Waals surface area contributed by atoms with Gasteiger partial charge in [-0.15, -0.1) is 0 Å². The van der Waals surface area contributed by atoms with E-state index in [2.05, 4.69) is 89.2 Å². The van der Waals surface area contributed by atoms with E-state index in [1.807, 2.05) is 19.2 Å². The summed E-state index contributed by atoms with van der Waals surface area (Å²) >= 11 is 13.7. The molecular weight excluding hydrogens is 882 g/mol. The Balaban J connectivity index is 0.944. The first-order chi connectivity index (χ1) is 23.0. The summed E-state index contributed by atoms with van der Waals surface area (Å²) in [6.07, 6.45) is 3.92. The number of rotatable bonds is 12. The van der Waals surface area contributed by atoms with Gasteiger partial charge in [0.25, 0.3) is 0 Å². The molecule has 0 bridgehead atoms. The van der Waals surface area contributed by atoms with Gasteiger partial charge in [0.05, 0.1) is 11.4 Å². The lowest BCUT2D eigenvalue weighted by Crippen LogP contribution is -2.31. The topological polar surface area (TPSA) is 148 Å². The van der Waals surface area contributed by atoms with Crippen molar-refractivity contribution < 1.29 is 28.0 Å². The second-order valence-corrected chi connectivity index (χ2v) is 14.7. The Morgan fingerprint density at radius 1 is 0.625 bits per heavy atom. The van der Waals surface area contributed by atoms with Crippen molar-refractivity contribution in [2.75, 3.05) is 33.2 Å². The zero-order valence-electron chi connectivity index (χ0n) is 25.2. The summed E-state index contributed by atoms with van der Waals surface area (Å²) in [7, 11) is 1.97. The third-order valence-electron chi connectivity index (χ3n) is 7.46. The number of ketones is 4. The monoisotopic (exact) mass is 903 g/mol. The quantitative estimate of drug-likeness (QED) is 0.140. The molecule has 2 aromatic carbocycles. The van der Waals surface area contributed by atoms with Crippen molar-refractivity contribution >= 4 is 86.9 Å². The SMILES string of the molecule is CN(CCCNC1=CC(=O)c2nc(-c3cc(Br)cc(Br)c3)oc2C1=O)CCCNC1=CC(=O)c2nc(-c3cc(Br)cc(Br)c3)oc2C1=O. The molecular formula is C33H25Br4N5O6. The van der Waals surface area contributed by atoms with E-state index in [1.165, 1.54) is 12.2 Å². The van der Waals surface area contributed by atoms with Crippen LogP contribution >= 0.6 is 63.7 Å². The second-order valence-electron chi connectivity index (χ2n) is 11.1. The van der Waals surface area contributed by atoms with Gasteiger partial charge in [-0.3, -0.25) is 19.2 Å². The van der Waals surface area contributed by atoms with E-state index in [0.717, 1.165) is 17.9 Å². The summed E-state index contributed by atoms with van der Waals surface area (Å²) in [5, 5.41) is 6.13. The van der Waals surface area contributed by atoms with E-state index in [1.54, 1.807) is 24.3 Å². The number of fused-ring (bicyclic) bond motifs is 2. The van der Waals surface area contributed by atoms with E-state index < -0.39 is 23.1 Å². The van der Waals surface area contributed by atoms with Crippen molar-refractivity contribution in [3.63, 3.8) is 0 Å². The minimum Gasteiger partial charge on any atom is -0.432 e. The summed E-state index contributed by atoms with van der Waals surface area (Å²) in [5.41, 5.74) is 1.59. The normalized spacial score (nSPS) is 14.2. The molecule has 0 fully saturated rings. The molecule has 0 radical (unpaired) electrons. The fraction of sp³-hybridized carbons (Fsp3) is 0.212. The van der Waals surface area contributed by atoms with E-state index >= 15 is 0 Å². The molecule has 11 nitrogen and oxygen atoms in total. The largest absolute Gasteiger partial charge is 0.432 e. The van der Waals surface area contributed by atoms with E-state index in [9.17, 15) is 19.2 Å². The van der Waals surface area contributed by atoms with Gasteiger partial charge in [0, 0.05) is 54.3 Å². The molecule has 0 spiro atoms. The molecule has 2 N–H and O–H groups in total. The highest BCUT2D eigenvalue weighted by Crippen LogP contribution is 2.32. The highest BCUT2D eigenvalue weighted by atomic mass is 79.9. The molecule has 0 aliphatic heterocycles. The van der Waals surface area contributed by atoms with Crippen molar-refractivity contribution in [3.05, 3.63) is 101 Å². The summed E-state index contributed by atoms with van der Waals surface area (Å²) in [6.45, 7) is 2.36. The molecule has 2 aliphatic carbocycles. The molecule has 4 aromatic rings. The smallest absolute Gasteiger partial charge is 0.246 e. The predicted molar refractivity (Wildman–Crippen MR) is 191 cm³/mol. The Hall–Kier alpha value is -3.50. The number of hydrogen-bond acceptors (Lipinski definition) is 11. The molecule has 246 valence electrons. The third kappa shape index (κ3) is 7.54. The number of aromatic nitrogens is 2. The van der Waals surface area contributed by atoms with Gasteiger partial charge in [0.2, 0.25) is 46.4 Å². The number of allylic oxidation sites excluding steroid dienone is 4. The average molecular weight is 907 g/mol. The third-order valence-corrected chi connectivity index (χ3v) is 9.29. The minimum absolute atomic E-state index is 0.0000432. The van der Waals surface area contributed by atoms with Crippen LogP contribution in [-0.4, -0.2) is 71.2 Å². The number of benzene rings is 2. The molecule has 6 rings (SSSR count). The number of Topliss-reactive ketones (excluding diaryl/α,β-unsaturated/α-hetero) is 2. The van der Waals surface area contributed by atoms with Crippen LogP contribution in [0.15, 0.2) is 86.7 Å². The minimum atomic E-state index is -0.420. The Bertz CT molecular complexity index is 1860. The number of nitrogens with one attached hydrogen (secondary N) is 2. The van der Waals surface area contributed by atoms with Gasteiger partial charge < -0.3 is 24.4 Å². The van der Waals surface area contributed by atoms with Crippen molar-refractivity contribution in [1.82, 2.24) is 25.5 Å². The summed E-state index contributed by atoms with van der Waals surface area (Å²) < 4.78 is 14.7. The Kier molecular flexibility index (Phi) is 10.4. The van der Waals surface area contributed by atoms with Crippen molar-refractivity contribution in [1.29, 1.82) is 0 Å². The molecule has 0 unspecified atom stereocenters. The highest BCUT2D eigenvalue weighted by Gasteiger charge is 2.33. The molecule has 0 atom stereocenters. The summed E-state index contributed by atoms with van der Waals surface area (Å²) in [6, 6.07) is 10.9. The van der Waals surface area contributed by atoms with Crippen LogP contribution in [0, 0.1) is 0 Å². The molecule has 0 saturated carbocycles. The van der Waals surface area contributed by atoms with Crippen LogP contribution in [-0.2, 0) is 0 Å². The van der Waals surface area contributed by atoms with Gasteiger partial charge in [-0.1, -0.05) is 63.7 Å². The molecule has 2 aromatic heterocycles. The maximum absolute atomic E-state index is 13.1. The highest BCUT2D eigenvalue weighted by molar-refractivity contribution is 9.11. The van der Waals surface area contributed by atoms with Crippen molar-refractivity contribution in [2.24, 2.45) is 0 Å². The van der Waals surface area contributed by atoms with Gasteiger partial charge in [-0.25, -0.2) is 9.97 Å². The van der Waals surface area contributed by atoms with Gasteiger partial charge in [-0.2, -0.15) is 0 Å². The Morgan fingerprint density at radius 3 is 1.38 bits per heavy atom. The summed E-state index contributed by atoms with van der Waals surface area (Å²) in [4.78, 5) is 62.2. The van der Waals surface area contributed by atoms with Crippen LogP contribution in [0.4, 0.5) is 0 Å². The fourth-order valence-corrected chi connectivity index (χ4v) is 7.76. The maximum Gasteiger partial charge on any atom is 0.246 e. The first-order valence-electron chi connectivity index (χ1n) is 14.7. The number of hydrogen-bond donors (Lipinski definition) is 2. The van der Waals surface area contributed by atoms with Crippen molar-refractivity contribution in [2.45, 2.75) is 12.8 Å². The number of nitrogens with zero attached hydrogens (tertiary/aromatic N) is 3. The second kappa shape index (κ2) is 14.5. The average Bonchev–Trinajstić information content (AvgIpc) is 3.68.